The van der Waals surface area contributed by atoms with Crippen molar-refractivity contribution in [2.45, 2.75) is 36.3 Å². The molecule has 0 radical (unpaired) electrons. The number of nitrogen functional groups attached to an aromatic ring is 1. The Kier molecular flexibility index (Phi) is 6.36. The highest BCUT2D eigenvalue weighted by atomic mass is 32.2. The van der Waals surface area contributed by atoms with Gasteiger partial charge in [0.25, 0.3) is 5.91 Å². The van der Waals surface area contributed by atoms with Gasteiger partial charge in [0, 0.05) is 37.3 Å². The molecule has 2 fully saturated rings. The van der Waals surface area contributed by atoms with Gasteiger partial charge in [0.2, 0.25) is 5.95 Å². The summed E-state index contributed by atoms with van der Waals surface area (Å²) in [6.07, 6.45) is 10.5. The summed E-state index contributed by atoms with van der Waals surface area (Å²) in [5, 5.41) is -0.424. The number of amides is 1. The Balaban J connectivity index is 1.31. The van der Waals surface area contributed by atoms with E-state index >= 15 is 0 Å². The molecule has 1 unspecified atom stereocenters. The second-order valence-electron chi connectivity index (χ2n) is 9.59. The van der Waals surface area contributed by atoms with Gasteiger partial charge in [-0.15, -0.1) is 0 Å². The summed E-state index contributed by atoms with van der Waals surface area (Å²) in [6, 6.07) is 7.92. The molecule has 11 nitrogen and oxygen atoms in total. The van der Waals surface area contributed by atoms with Crippen molar-refractivity contribution in [3.63, 3.8) is 0 Å². The number of carbonyl (C=O) groups is 1. The summed E-state index contributed by atoms with van der Waals surface area (Å²) in [7, 11) is -3.12. The van der Waals surface area contributed by atoms with E-state index in [0.717, 1.165) is 36.0 Å². The first-order valence-corrected chi connectivity index (χ1v) is 13.9. The van der Waals surface area contributed by atoms with E-state index in [1.807, 2.05) is 29.2 Å². The number of aromatic nitrogens is 4. The molecule has 1 aliphatic carbocycles. The third kappa shape index (κ3) is 4.88. The normalized spacial score (nSPS) is 19.4. The van der Waals surface area contributed by atoms with Crippen molar-refractivity contribution in [2.75, 3.05) is 30.0 Å². The number of sulfone groups is 1. The van der Waals surface area contributed by atoms with E-state index in [4.69, 9.17) is 11.5 Å². The number of hydrogen-bond donors (Lipinski definition) is 2. The maximum Gasteiger partial charge on any atom is 0.298 e. The summed E-state index contributed by atoms with van der Waals surface area (Å²) in [6.45, 7) is 0.927. The predicted octanol–water partition coefficient (Wildman–Crippen LogP) is 1.76. The highest BCUT2D eigenvalue weighted by Crippen LogP contribution is 2.44. The Morgan fingerprint density at radius 3 is 2.27 bits per heavy atom. The number of rotatable bonds is 6. The molecule has 2 aliphatic rings. The van der Waals surface area contributed by atoms with Gasteiger partial charge in [0.1, 0.15) is 17.3 Å². The van der Waals surface area contributed by atoms with E-state index in [0.29, 0.717) is 25.3 Å². The first-order valence-electron chi connectivity index (χ1n) is 12.0. The first kappa shape index (κ1) is 24.8. The lowest BCUT2D eigenvalue weighted by molar-refractivity contribution is 0.0996. The lowest BCUT2D eigenvalue weighted by atomic mass is 9.63. The van der Waals surface area contributed by atoms with Gasteiger partial charge in [0.15, 0.2) is 9.84 Å². The molecule has 3 heterocycles. The lowest BCUT2D eigenvalue weighted by Crippen LogP contribution is -2.47. The number of anilines is 2. The van der Waals surface area contributed by atoms with Crippen molar-refractivity contribution in [2.24, 2.45) is 10.7 Å². The van der Waals surface area contributed by atoms with Gasteiger partial charge >= 0.3 is 0 Å². The van der Waals surface area contributed by atoms with Crippen LogP contribution in [0.3, 0.4) is 0 Å². The molecule has 192 valence electrons. The molecule has 3 aromatic rings. The van der Waals surface area contributed by atoms with E-state index in [1.54, 1.807) is 12.4 Å². The highest BCUT2D eigenvalue weighted by molar-refractivity contribution is 7.91. The Morgan fingerprint density at radius 1 is 1.03 bits per heavy atom. The molecular weight excluding hydrogens is 492 g/mol. The fourth-order valence-corrected chi connectivity index (χ4v) is 5.83. The molecule has 1 saturated heterocycles. The van der Waals surface area contributed by atoms with Crippen molar-refractivity contribution in [1.29, 1.82) is 0 Å². The molecule has 0 spiro atoms. The van der Waals surface area contributed by atoms with E-state index in [9.17, 15) is 13.2 Å². The second kappa shape index (κ2) is 9.51. The zero-order valence-electron chi connectivity index (χ0n) is 20.4. The smallest absolute Gasteiger partial charge is 0.298 e. The van der Waals surface area contributed by atoms with Crippen molar-refractivity contribution in [3.8, 4) is 11.1 Å². The van der Waals surface area contributed by atoms with Crippen molar-refractivity contribution >= 4 is 33.3 Å². The summed E-state index contributed by atoms with van der Waals surface area (Å²) < 4.78 is 23.6. The largest absolute Gasteiger partial charge is 0.386 e. The molecule has 1 aliphatic heterocycles. The van der Waals surface area contributed by atoms with E-state index < -0.39 is 26.4 Å². The van der Waals surface area contributed by atoms with Crippen LogP contribution in [-0.4, -0.2) is 64.7 Å². The molecule has 1 saturated carbocycles. The van der Waals surface area contributed by atoms with Crippen LogP contribution in [0.2, 0.25) is 0 Å². The molecule has 12 heteroatoms. The number of carbonyl (C=O) groups excluding carboxylic acids is 1. The van der Waals surface area contributed by atoms with Gasteiger partial charge in [-0.05, 0) is 30.4 Å². The third-order valence-corrected chi connectivity index (χ3v) is 8.89. The lowest BCUT2D eigenvalue weighted by Gasteiger charge is -2.41. The maximum absolute atomic E-state index is 12.9. The van der Waals surface area contributed by atoms with Gasteiger partial charge < -0.3 is 16.4 Å². The summed E-state index contributed by atoms with van der Waals surface area (Å²) in [4.78, 5) is 35.6. The van der Waals surface area contributed by atoms with Crippen LogP contribution in [0.4, 0.5) is 11.8 Å². The average molecular weight is 521 g/mol. The molecule has 2 aromatic heterocycles. The molecular formula is C25H28N8O3S. The van der Waals surface area contributed by atoms with Gasteiger partial charge in [-0.25, -0.2) is 28.4 Å². The van der Waals surface area contributed by atoms with Crippen LogP contribution in [0.1, 0.15) is 41.7 Å². The molecule has 1 aromatic carbocycles. The minimum absolute atomic E-state index is 0.0822. The predicted molar refractivity (Wildman–Crippen MR) is 141 cm³/mol. The fourth-order valence-electron chi connectivity index (χ4n) is 4.85. The minimum Gasteiger partial charge on any atom is -0.386 e. The van der Waals surface area contributed by atoms with Crippen LogP contribution in [0.25, 0.3) is 11.1 Å². The van der Waals surface area contributed by atoms with Gasteiger partial charge in [-0.3, -0.25) is 4.79 Å². The zero-order chi connectivity index (χ0) is 26.2. The summed E-state index contributed by atoms with van der Waals surface area (Å²) in [5.41, 5.74) is 14.4. The van der Waals surface area contributed by atoms with Crippen LogP contribution < -0.4 is 16.4 Å². The molecule has 0 bridgehead atoms. The maximum atomic E-state index is 12.9. The molecule has 1 amide bonds. The standard InChI is InChI=1S/C25H28N8O3S/c1-37(35,36)19-7-10-33(15-19)21-14-28-20(13-29-21)22(34)32-23(26)25(8-2-9-25)18-5-3-16(4-6-18)17-11-30-24(27)31-12-17/h3-6,11-14,19H,2,7-10,15H2,1H3,(H2,26,32,34)(H2,27,30,31). The van der Waals surface area contributed by atoms with Crippen molar-refractivity contribution in [3.05, 3.63) is 60.3 Å². The van der Waals surface area contributed by atoms with E-state index in [-0.39, 0.29) is 17.5 Å². The van der Waals surface area contributed by atoms with E-state index in [2.05, 4.69) is 24.9 Å². The highest BCUT2D eigenvalue weighted by Gasteiger charge is 2.43. The third-order valence-electron chi connectivity index (χ3n) is 7.29. The minimum atomic E-state index is -3.12. The Bertz CT molecular complexity index is 1430. The van der Waals surface area contributed by atoms with Crippen LogP contribution in [0.5, 0.6) is 0 Å². The van der Waals surface area contributed by atoms with Crippen LogP contribution in [0.15, 0.2) is 54.0 Å². The number of aliphatic imine (C=N–C) groups is 1. The average Bonchev–Trinajstić information content (AvgIpc) is 3.36. The van der Waals surface area contributed by atoms with Crippen LogP contribution in [-0.2, 0) is 15.3 Å². The van der Waals surface area contributed by atoms with E-state index in [1.165, 1.54) is 18.6 Å². The first-order chi connectivity index (χ1) is 17.7. The SMILES string of the molecule is CS(=O)(=O)C1CCN(c2cnc(C(=O)N=C(N)C3(c4ccc(-c5cnc(N)nc5)cc4)CCC3)cn2)C1. The number of nitrogens with two attached hydrogens (primary N) is 2. The Hall–Kier alpha value is -3.93. The molecule has 1 atom stereocenters. The van der Waals surface area contributed by atoms with Gasteiger partial charge in [-0.1, -0.05) is 30.7 Å². The van der Waals surface area contributed by atoms with Crippen LogP contribution >= 0.6 is 0 Å². The Morgan fingerprint density at radius 2 is 1.73 bits per heavy atom. The topological polar surface area (TPSA) is 170 Å². The number of nitrogens with zero attached hydrogens (tertiary/aromatic N) is 6. The van der Waals surface area contributed by atoms with Gasteiger partial charge in [-0.2, -0.15) is 4.99 Å². The zero-order valence-corrected chi connectivity index (χ0v) is 21.2. The van der Waals surface area contributed by atoms with Crippen LogP contribution in [0, 0.1) is 0 Å². The van der Waals surface area contributed by atoms with Gasteiger partial charge in [0.05, 0.1) is 23.1 Å². The summed E-state index contributed by atoms with van der Waals surface area (Å²) in [5.74, 6) is 0.447. The number of hydrogen-bond acceptors (Lipinski definition) is 9. The molecule has 37 heavy (non-hydrogen) atoms. The monoisotopic (exact) mass is 520 g/mol. The fraction of sp³-hybridized carbons (Fsp3) is 0.360. The second-order valence-corrected chi connectivity index (χ2v) is 11.9. The molecule has 4 N–H and O–H groups in total. The Labute approximate surface area is 215 Å². The van der Waals surface area contributed by atoms with Crippen molar-refractivity contribution < 1.29 is 13.2 Å². The number of benzene rings is 1. The number of amidine groups is 1. The quantitative estimate of drug-likeness (QED) is 0.360. The molecule has 5 rings (SSSR count). The van der Waals surface area contributed by atoms with Crippen molar-refractivity contribution in [1.82, 2.24) is 19.9 Å². The summed E-state index contributed by atoms with van der Waals surface area (Å²) >= 11 is 0.